The van der Waals surface area contributed by atoms with Crippen LogP contribution in [0.15, 0.2) is 42.5 Å². The number of carboxylic acids is 1. The number of aryl methyl sites for hydroxylation is 1. The van der Waals surface area contributed by atoms with Crippen molar-refractivity contribution >= 4 is 34.4 Å². The van der Waals surface area contributed by atoms with Crippen LogP contribution in [-0.2, 0) is 16.0 Å². The van der Waals surface area contributed by atoms with Crippen LogP contribution < -0.4 is 0 Å². The molecule has 1 heterocycles. The normalized spacial score (nSPS) is 10.7. The van der Waals surface area contributed by atoms with Crippen LogP contribution in [-0.4, -0.2) is 29.1 Å². The van der Waals surface area contributed by atoms with Gasteiger partial charge in [-0.2, -0.15) is 0 Å². The van der Waals surface area contributed by atoms with E-state index in [2.05, 4.69) is 4.98 Å². The van der Waals surface area contributed by atoms with Gasteiger partial charge in [-0.1, -0.05) is 23.7 Å². The number of halogens is 1. The van der Waals surface area contributed by atoms with Crippen molar-refractivity contribution in [2.75, 3.05) is 7.11 Å². The number of methoxy groups -OCH3 is 1. The largest absolute Gasteiger partial charge is 0.481 e. The molecule has 0 fully saturated rings. The van der Waals surface area contributed by atoms with Crippen LogP contribution in [0.4, 0.5) is 0 Å². The topological polar surface area (TPSA) is 76.5 Å². The van der Waals surface area contributed by atoms with Gasteiger partial charge in [0.25, 0.3) is 0 Å². The molecule has 0 bridgehead atoms. The third-order valence-corrected chi connectivity index (χ3v) is 4.43. The lowest BCUT2D eigenvalue weighted by Gasteiger charge is -2.16. The molecule has 0 radical (unpaired) electrons. The number of rotatable bonds is 4. The number of fused-ring (bicyclic) bond motifs is 1. The summed E-state index contributed by atoms with van der Waals surface area (Å²) < 4.78 is 4.73. The Bertz CT molecular complexity index is 1010. The van der Waals surface area contributed by atoms with Crippen LogP contribution in [0, 0.1) is 6.92 Å². The van der Waals surface area contributed by atoms with Gasteiger partial charge < -0.3 is 9.84 Å². The number of esters is 1. The van der Waals surface area contributed by atoms with E-state index in [9.17, 15) is 14.7 Å². The van der Waals surface area contributed by atoms with Crippen molar-refractivity contribution in [3.05, 3.63) is 64.3 Å². The fourth-order valence-corrected chi connectivity index (χ4v) is 3.12. The molecule has 0 saturated heterocycles. The van der Waals surface area contributed by atoms with Gasteiger partial charge in [0, 0.05) is 10.4 Å². The van der Waals surface area contributed by atoms with Crippen LogP contribution in [0.5, 0.6) is 0 Å². The van der Waals surface area contributed by atoms with Crippen molar-refractivity contribution in [2.24, 2.45) is 0 Å². The SMILES string of the molecule is COC(=O)c1ccc2c(-c3ccc(Cl)cc3)c(CC(=O)O)c(C)cc2n1. The smallest absolute Gasteiger partial charge is 0.356 e. The van der Waals surface area contributed by atoms with Gasteiger partial charge in [-0.25, -0.2) is 9.78 Å². The molecule has 0 unspecified atom stereocenters. The Kier molecular flexibility index (Phi) is 4.91. The Morgan fingerprint density at radius 2 is 1.85 bits per heavy atom. The lowest BCUT2D eigenvalue weighted by molar-refractivity contribution is -0.136. The third kappa shape index (κ3) is 3.39. The van der Waals surface area contributed by atoms with E-state index < -0.39 is 11.9 Å². The molecule has 3 rings (SSSR count). The number of carbonyl (C=O) groups is 2. The van der Waals surface area contributed by atoms with Crippen molar-refractivity contribution < 1.29 is 19.4 Å². The fourth-order valence-electron chi connectivity index (χ4n) is 2.99. The Morgan fingerprint density at radius 3 is 2.46 bits per heavy atom. The number of pyridine rings is 1. The number of carboxylic acid groups (broad SMARTS) is 1. The first-order chi connectivity index (χ1) is 12.4. The molecular formula is C20H16ClNO4. The Hall–Kier alpha value is -2.92. The predicted octanol–water partition coefficient (Wildman–Crippen LogP) is 4.28. The highest BCUT2D eigenvalue weighted by molar-refractivity contribution is 6.30. The number of ether oxygens (including phenoxy) is 1. The molecule has 26 heavy (non-hydrogen) atoms. The summed E-state index contributed by atoms with van der Waals surface area (Å²) in [6, 6.07) is 12.3. The van der Waals surface area contributed by atoms with E-state index in [0.29, 0.717) is 16.1 Å². The number of benzene rings is 2. The van der Waals surface area contributed by atoms with Gasteiger partial charge in [0.05, 0.1) is 19.0 Å². The molecule has 132 valence electrons. The van der Waals surface area contributed by atoms with E-state index >= 15 is 0 Å². The maximum absolute atomic E-state index is 11.8. The summed E-state index contributed by atoms with van der Waals surface area (Å²) in [5.74, 6) is -1.44. The summed E-state index contributed by atoms with van der Waals surface area (Å²) >= 11 is 5.99. The monoisotopic (exact) mass is 369 g/mol. The summed E-state index contributed by atoms with van der Waals surface area (Å²) in [6.07, 6.45) is -0.113. The maximum atomic E-state index is 11.8. The molecule has 0 aliphatic rings. The molecule has 0 aliphatic heterocycles. The maximum Gasteiger partial charge on any atom is 0.356 e. The number of hydrogen-bond donors (Lipinski definition) is 1. The van der Waals surface area contributed by atoms with Gasteiger partial charge in [-0.3, -0.25) is 4.79 Å². The first-order valence-electron chi connectivity index (χ1n) is 7.90. The zero-order chi connectivity index (χ0) is 18.8. The first kappa shape index (κ1) is 17.9. The molecule has 0 atom stereocenters. The fraction of sp³-hybridized carbons (Fsp3) is 0.150. The van der Waals surface area contributed by atoms with E-state index in [1.165, 1.54) is 7.11 Å². The predicted molar refractivity (Wildman–Crippen MR) is 99.6 cm³/mol. The minimum absolute atomic E-state index is 0.113. The van der Waals surface area contributed by atoms with Crippen molar-refractivity contribution in [3.63, 3.8) is 0 Å². The standard InChI is InChI=1S/C20H16ClNO4/c1-11-9-17-14(7-8-16(22-17)20(25)26-2)19(15(11)10-18(23)24)12-3-5-13(21)6-4-12/h3-9H,10H2,1-2H3,(H,23,24). The van der Waals surface area contributed by atoms with E-state index in [1.807, 2.05) is 19.1 Å². The average molecular weight is 370 g/mol. The summed E-state index contributed by atoms with van der Waals surface area (Å²) in [6.45, 7) is 1.84. The second-order valence-electron chi connectivity index (χ2n) is 5.88. The quantitative estimate of drug-likeness (QED) is 0.695. The Labute approximate surface area is 155 Å². The Balaban J connectivity index is 2.33. The molecule has 0 aliphatic carbocycles. The van der Waals surface area contributed by atoms with Crippen molar-refractivity contribution in [1.29, 1.82) is 0 Å². The summed E-state index contributed by atoms with van der Waals surface area (Å²) in [5.41, 5.74) is 3.92. The molecule has 1 aromatic heterocycles. The van der Waals surface area contributed by atoms with Crippen LogP contribution in [0.1, 0.15) is 21.6 Å². The molecule has 0 amide bonds. The van der Waals surface area contributed by atoms with Gasteiger partial charge in [0.2, 0.25) is 0 Å². The van der Waals surface area contributed by atoms with Crippen molar-refractivity contribution in [1.82, 2.24) is 4.98 Å². The van der Waals surface area contributed by atoms with Crippen molar-refractivity contribution in [2.45, 2.75) is 13.3 Å². The molecule has 1 N–H and O–H groups in total. The number of carbonyl (C=O) groups excluding carboxylic acids is 1. The number of nitrogens with zero attached hydrogens (tertiary/aromatic N) is 1. The second kappa shape index (κ2) is 7.14. The molecule has 2 aromatic carbocycles. The minimum atomic E-state index is -0.915. The van der Waals surface area contributed by atoms with Crippen molar-refractivity contribution in [3.8, 4) is 11.1 Å². The lowest BCUT2D eigenvalue weighted by atomic mass is 9.90. The molecule has 6 heteroatoms. The van der Waals surface area contributed by atoms with E-state index in [0.717, 1.165) is 22.1 Å². The second-order valence-corrected chi connectivity index (χ2v) is 6.32. The average Bonchev–Trinajstić information content (AvgIpc) is 2.62. The number of aliphatic carboxylic acids is 1. The molecule has 0 spiro atoms. The van der Waals surface area contributed by atoms with Gasteiger partial charge in [0.15, 0.2) is 0 Å². The zero-order valence-electron chi connectivity index (χ0n) is 14.2. The van der Waals surface area contributed by atoms with Gasteiger partial charge in [-0.15, -0.1) is 0 Å². The van der Waals surface area contributed by atoms with Gasteiger partial charge in [0.1, 0.15) is 5.69 Å². The van der Waals surface area contributed by atoms with Crippen LogP contribution in [0.3, 0.4) is 0 Å². The highest BCUT2D eigenvalue weighted by atomic mass is 35.5. The third-order valence-electron chi connectivity index (χ3n) is 4.18. The summed E-state index contributed by atoms with van der Waals surface area (Å²) in [4.78, 5) is 27.5. The van der Waals surface area contributed by atoms with Gasteiger partial charge in [-0.05, 0) is 59.5 Å². The van der Waals surface area contributed by atoms with Crippen LogP contribution in [0.2, 0.25) is 5.02 Å². The molecule has 3 aromatic rings. The molecule has 5 nitrogen and oxygen atoms in total. The molecule has 0 saturated carbocycles. The lowest BCUT2D eigenvalue weighted by Crippen LogP contribution is -2.07. The Morgan fingerprint density at radius 1 is 1.15 bits per heavy atom. The molecular weight excluding hydrogens is 354 g/mol. The van der Waals surface area contributed by atoms with Gasteiger partial charge >= 0.3 is 11.9 Å². The number of hydrogen-bond acceptors (Lipinski definition) is 4. The zero-order valence-corrected chi connectivity index (χ0v) is 15.0. The summed E-state index contributed by atoms with van der Waals surface area (Å²) in [7, 11) is 1.30. The number of aromatic nitrogens is 1. The first-order valence-corrected chi connectivity index (χ1v) is 8.27. The van der Waals surface area contributed by atoms with E-state index in [-0.39, 0.29) is 12.1 Å². The highest BCUT2D eigenvalue weighted by Crippen LogP contribution is 2.35. The minimum Gasteiger partial charge on any atom is -0.481 e. The van der Waals surface area contributed by atoms with E-state index in [4.69, 9.17) is 16.3 Å². The highest BCUT2D eigenvalue weighted by Gasteiger charge is 2.18. The van der Waals surface area contributed by atoms with Crippen LogP contribution >= 0.6 is 11.6 Å². The summed E-state index contributed by atoms with van der Waals surface area (Å²) in [5, 5.41) is 10.7. The van der Waals surface area contributed by atoms with E-state index in [1.54, 1.807) is 30.3 Å². The van der Waals surface area contributed by atoms with Crippen LogP contribution in [0.25, 0.3) is 22.0 Å².